The third kappa shape index (κ3) is 5.49. The Balaban J connectivity index is 2.14. The van der Waals surface area contributed by atoms with Crippen LogP contribution in [0.5, 0.6) is 0 Å². The molecule has 0 unspecified atom stereocenters. The molecule has 1 aliphatic rings. The molecule has 0 aromatic carbocycles. The van der Waals surface area contributed by atoms with Crippen LogP contribution in [-0.4, -0.2) is 57.5 Å². The fourth-order valence-electron chi connectivity index (χ4n) is 1.90. The number of piperidine rings is 1. The van der Waals surface area contributed by atoms with E-state index in [2.05, 4.69) is 17.1 Å². The molecule has 1 heterocycles. The molecule has 0 bridgehead atoms. The maximum absolute atomic E-state index is 10.9. The first kappa shape index (κ1) is 12.9. The van der Waals surface area contributed by atoms with Crippen molar-refractivity contribution < 1.29 is 8.42 Å². The molecule has 1 fully saturated rings. The van der Waals surface area contributed by atoms with Gasteiger partial charge in [0, 0.05) is 18.8 Å². The van der Waals surface area contributed by atoms with Crippen molar-refractivity contribution in [2.45, 2.75) is 25.8 Å². The van der Waals surface area contributed by atoms with Crippen molar-refractivity contribution in [3.05, 3.63) is 0 Å². The van der Waals surface area contributed by atoms with E-state index in [0.717, 1.165) is 32.5 Å². The third-order valence-corrected chi connectivity index (χ3v) is 3.89. The van der Waals surface area contributed by atoms with E-state index in [9.17, 15) is 8.42 Å². The summed E-state index contributed by atoms with van der Waals surface area (Å²) in [7, 11) is -2.81. The molecular weight excluding hydrogens is 212 g/mol. The molecule has 0 aromatic heterocycles. The van der Waals surface area contributed by atoms with Crippen molar-refractivity contribution in [2.75, 3.05) is 38.2 Å². The molecule has 0 amide bonds. The first-order valence-corrected chi connectivity index (χ1v) is 7.71. The normalized spacial score (nSPS) is 20.7. The maximum Gasteiger partial charge on any atom is 0.148 e. The summed E-state index contributed by atoms with van der Waals surface area (Å²) in [6.45, 7) is 6.16. The van der Waals surface area contributed by atoms with Crippen molar-refractivity contribution in [1.29, 1.82) is 0 Å². The standard InChI is InChI=1S/C10H22N2O2S/c1-3-12-7-4-10(5-8-12)11-6-9-15(2,13)14/h10-11H,3-9H2,1-2H3. The predicted molar refractivity (Wildman–Crippen MR) is 62.8 cm³/mol. The zero-order valence-electron chi connectivity index (χ0n) is 9.70. The molecule has 4 nitrogen and oxygen atoms in total. The highest BCUT2D eigenvalue weighted by atomic mass is 32.2. The Morgan fingerprint density at radius 2 is 1.93 bits per heavy atom. The van der Waals surface area contributed by atoms with Crippen LogP contribution >= 0.6 is 0 Å². The van der Waals surface area contributed by atoms with Gasteiger partial charge in [0.15, 0.2) is 0 Å². The molecule has 0 radical (unpaired) electrons. The number of hydrogen-bond donors (Lipinski definition) is 1. The van der Waals surface area contributed by atoms with E-state index in [1.807, 2.05) is 0 Å². The van der Waals surface area contributed by atoms with Gasteiger partial charge in [-0.25, -0.2) is 8.42 Å². The number of rotatable bonds is 5. The molecule has 0 saturated carbocycles. The van der Waals surface area contributed by atoms with Crippen LogP contribution in [0, 0.1) is 0 Å². The highest BCUT2D eigenvalue weighted by molar-refractivity contribution is 7.90. The highest BCUT2D eigenvalue weighted by Gasteiger charge is 2.17. The summed E-state index contributed by atoms with van der Waals surface area (Å²) in [5.74, 6) is 0.251. The second-order valence-corrected chi connectivity index (χ2v) is 6.55. The van der Waals surface area contributed by atoms with Gasteiger partial charge in [-0.1, -0.05) is 6.92 Å². The van der Waals surface area contributed by atoms with Gasteiger partial charge >= 0.3 is 0 Å². The van der Waals surface area contributed by atoms with Gasteiger partial charge in [0.25, 0.3) is 0 Å². The van der Waals surface area contributed by atoms with Gasteiger partial charge in [-0.05, 0) is 32.5 Å². The van der Waals surface area contributed by atoms with Crippen molar-refractivity contribution >= 4 is 9.84 Å². The van der Waals surface area contributed by atoms with E-state index < -0.39 is 9.84 Å². The number of nitrogens with zero attached hydrogens (tertiary/aromatic N) is 1. The fraction of sp³-hybridized carbons (Fsp3) is 1.00. The first-order chi connectivity index (χ1) is 7.01. The van der Waals surface area contributed by atoms with Crippen LogP contribution in [0.4, 0.5) is 0 Å². The molecule has 1 rings (SSSR count). The topological polar surface area (TPSA) is 49.4 Å². The van der Waals surface area contributed by atoms with Gasteiger partial charge in [0.2, 0.25) is 0 Å². The average Bonchev–Trinajstić information content (AvgIpc) is 2.17. The molecule has 1 N–H and O–H groups in total. The lowest BCUT2D eigenvalue weighted by Crippen LogP contribution is -2.43. The van der Waals surface area contributed by atoms with Crippen molar-refractivity contribution in [2.24, 2.45) is 0 Å². The average molecular weight is 234 g/mol. The number of nitrogens with one attached hydrogen (secondary N) is 1. The van der Waals surface area contributed by atoms with Crippen LogP contribution in [0.2, 0.25) is 0 Å². The molecule has 0 aliphatic carbocycles. The zero-order chi connectivity index (χ0) is 11.3. The Morgan fingerprint density at radius 1 is 1.33 bits per heavy atom. The van der Waals surface area contributed by atoms with Crippen LogP contribution < -0.4 is 5.32 Å². The molecular formula is C10H22N2O2S. The maximum atomic E-state index is 10.9. The number of sulfone groups is 1. The van der Waals surface area contributed by atoms with E-state index in [-0.39, 0.29) is 5.75 Å². The van der Waals surface area contributed by atoms with Gasteiger partial charge < -0.3 is 10.2 Å². The molecule has 5 heteroatoms. The smallest absolute Gasteiger partial charge is 0.148 e. The molecule has 0 spiro atoms. The van der Waals surface area contributed by atoms with Crippen LogP contribution in [0.1, 0.15) is 19.8 Å². The molecule has 0 atom stereocenters. The Kier molecular flexibility index (Phi) is 5.02. The van der Waals surface area contributed by atoms with Crippen LogP contribution in [-0.2, 0) is 9.84 Å². The quantitative estimate of drug-likeness (QED) is 0.733. The lowest BCUT2D eigenvalue weighted by atomic mass is 10.1. The third-order valence-electron chi connectivity index (χ3n) is 2.94. The van der Waals surface area contributed by atoms with Crippen molar-refractivity contribution in [3.8, 4) is 0 Å². The van der Waals surface area contributed by atoms with Gasteiger partial charge in [0.1, 0.15) is 9.84 Å². The minimum atomic E-state index is -2.81. The van der Waals surface area contributed by atoms with Gasteiger partial charge in [0.05, 0.1) is 5.75 Å². The lowest BCUT2D eigenvalue weighted by Gasteiger charge is -2.31. The second-order valence-electron chi connectivity index (χ2n) is 4.29. The fourth-order valence-corrected chi connectivity index (χ4v) is 2.39. The summed E-state index contributed by atoms with van der Waals surface area (Å²) in [6, 6.07) is 0.509. The Labute approximate surface area is 93.0 Å². The summed E-state index contributed by atoms with van der Waals surface area (Å²) in [6.07, 6.45) is 3.56. The Hall–Kier alpha value is -0.130. The molecule has 15 heavy (non-hydrogen) atoms. The van der Waals surface area contributed by atoms with E-state index in [1.165, 1.54) is 6.26 Å². The summed E-state index contributed by atoms with van der Waals surface area (Å²) in [5, 5.41) is 3.32. The molecule has 0 aromatic rings. The summed E-state index contributed by atoms with van der Waals surface area (Å²) >= 11 is 0. The highest BCUT2D eigenvalue weighted by Crippen LogP contribution is 2.09. The Morgan fingerprint density at radius 3 is 2.40 bits per heavy atom. The monoisotopic (exact) mass is 234 g/mol. The van der Waals surface area contributed by atoms with Crippen LogP contribution in [0.3, 0.4) is 0 Å². The van der Waals surface area contributed by atoms with E-state index in [0.29, 0.717) is 12.6 Å². The van der Waals surface area contributed by atoms with Gasteiger partial charge in [-0.2, -0.15) is 0 Å². The largest absolute Gasteiger partial charge is 0.313 e. The van der Waals surface area contributed by atoms with E-state index in [4.69, 9.17) is 0 Å². The molecule has 90 valence electrons. The first-order valence-electron chi connectivity index (χ1n) is 5.64. The van der Waals surface area contributed by atoms with E-state index in [1.54, 1.807) is 0 Å². The minimum Gasteiger partial charge on any atom is -0.313 e. The van der Waals surface area contributed by atoms with E-state index >= 15 is 0 Å². The predicted octanol–water partition coefficient (Wildman–Crippen LogP) is 0.105. The van der Waals surface area contributed by atoms with Crippen molar-refractivity contribution in [1.82, 2.24) is 10.2 Å². The van der Waals surface area contributed by atoms with Crippen LogP contribution in [0.25, 0.3) is 0 Å². The minimum absolute atomic E-state index is 0.251. The summed E-state index contributed by atoms with van der Waals surface area (Å²) in [4.78, 5) is 2.43. The zero-order valence-corrected chi connectivity index (χ0v) is 10.5. The SMILES string of the molecule is CCN1CCC(NCCS(C)(=O)=O)CC1. The van der Waals surface area contributed by atoms with Crippen LogP contribution in [0.15, 0.2) is 0 Å². The summed E-state index contributed by atoms with van der Waals surface area (Å²) in [5.41, 5.74) is 0. The lowest BCUT2D eigenvalue weighted by molar-refractivity contribution is 0.208. The number of likely N-dealkylation sites (tertiary alicyclic amines) is 1. The Bertz CT molecular complexity index is 269. The second kappa shape index (κ2) is 5.82. The number of hydrogen-bond acceptors (Lipinski definition) is 4. The summed E-state index contributed by atoms with van der Waals surface area (Å²) < 4.78 is 21.8. The molecule has 1 aliphatic heterocycles. The van der Waals surface area contributed by atoms with Gasteiger partial charge in [-0.3, -0.25) is 0 Å². The molecule has 1 saturated heterocycles. The van der Waals surface area contributed by atoms with Gasteiger partial charge in [-0.15, -0.1) is 0 Å². The van der Waals surface area contributed by atoms with Crippen molar-refractivity contribution in [3.63, 3.8) is 0 Å².